The molecule has 1 unspecified atom stereocenters. The molecule has 1 aromatic rings. The van der Waals surface area contributed by atoms with Gasteiger partial charge in [0, 0.05) is 19.3 Å². The predicted molar refractivity (Wildman–Crippen MR) is 102 cm³/mol. The van der Waals surface area contributed by atoms with E-state index in [9.17, 15) is 4.79 Å². The predicted octanol–water partition coefficient (Wildman–Crippen LogP) is 3.13. The van der Waals surface area contributed by atoms with Crippen molar-refractivity contribution in [2.75, 3.05) is 19.8 Å². The molecule has 1 aliphatic rings. The lowest BCUT2D eigenvalue weighted by Gasteiger charge is -2.37. The van der Waals surface area contributed by atoms with Gasteiger partial charge < -0.3 is 13.9 Å². The minimum Gasteiger partial charge on any atom is -0.463 e. The zero-order valence-electron chi connectivity index (χ0n) is 15.2. The summed E-state index contributed by atoms with van der Waals surface area (Å²) in [6.07, 6.45) is 9.27. The Bertz CT molecular complexity index is 524. The Morgan fingerprint density at radius 2 is 2.12 bits per heavy atom. The van der Waals surface area contributed by atoms with E-state index in [1.165, 1.54) is 18.1 Å². The summed E-state index contributed by atoms with van der Waals surface area (Å²) in [6.45, 7) is 3.85. The summed E-state index contributed by atoms with van der Waals surface area (Å²) in [5.41, 5.74) is 1.31. The number of hydrogen-bond acceptors (Lipinski definition) is 4. The fraction of sp³-hybridized carbons (Fsp3) is 0.550. The van der Waals surface area contributed by atoms with E-state index in [4.69, 9.17) is 13.9 Å². The molecule has 1 aliphatic heterocycles. The molecular formula is C20H30O4Si. The Kier molecular flexibility index (Phi) is 8.94. The van der Waals surface area contributed by atoms with Crippen LogP contribution in [0.1, 0.15) is 44.6 Å². The van der Waals surface area contributed by atoms with Gasteiger partial charge in [-0.1, -0.05) is 36.4 Å². The molecule has 25 heavy (non-hydrogen) atoms. The number of rotatable bonds is 10. The fourth-order valence-electron chi connectivity index (χ4n) is 3.14. The van der Waals surface area contributed by atoms with Gasteiger partial charge in [0.2, 0.25) is 0 Å². The lowest BCUT2D eigenvalue weighted by atomic mass is 10.0. The average Bonchev–Trinajstić information content (AvgIpc) is 2.65. The molecule has 0 aliphatic carbocycles. The minimum absolute atomic E-state index is 0.0814. The van der Waals surface area contributed by atoms with E-state index in [0.717, 1.165) is 45.3 Å². The van der Waals surface area contributed by atoms with Gasteiger partial charge in [0.15, 0.2) is 9.76 Å². The maximum absolute atomic E-state index is 11.4. The van der Waals surface area contributed by atoms with Crippen molar-refractivity contribution in [1.82, 2.24) is 0 Å². The summed E-state index contributed by atoms with van der Waals surface area (Å²) < 4.78 is 17.4. The van der Waals surface area contributed by atoms with Crippen LogP contribution >= 0.6 is 0 Å². The standard InChI is InChI=1S/C20H30O4Si/c1-2-9-19(21)22-15-8-14-20(13-6-7-16-23-20)25-24-17-12-18-10-4-3-5-11-18/h2-5,9-11H,6-8,12-17,25H2,1H3. The molecule has 0 N–H and O–H groups in total. The number of hydrogen-bond donors (Lipinski definition) is 0. The maximum atomic E-state index is 11.4. The van der Waals surface area contributed by atoms with Crippen molar-refractivity contribution in [3.63, 3.8) is 0 Å². The summed E-state index contributed by atoms with van der Waals surface area (Å²) in [7, 11) is -0.791. The normalized spacial score (nSPS) is 21.2. The van der Waals surface area contributed by atoms with Gasteiger partial charge in [0.25, 0.3) is 0 Å². The zero-order chi connectivity index (χ0) is 17.8. The van der Waals surface area contributed by atoms with Gasteiger partial charge in [-0.3, -0.25) is 0 Å². The Hall–Kier alpha value is -1.43. The molecule has 1 saturated heterocycles. The van der Waals surface area contributed by atoms with Gasteiger partial charge in [-0.05, 0) is 51.0 Å². The van der Waals surface area contributed by atoms with Crippen molar-refractivity contribution < 1.29 is 18.7 Å². The van der Waals surface area contributed by atoms with E-state index in [1.807, 2.05) is 13.0 Å². The second-order valence-electron chi connectivity index (χ2n) is 6.55. The van der Waals surface area contributed by atoms with Crippen LogP contribution in [0.25, 0.3) is 0 Å². The number of ether oxygens (including phenoxy) is 2. The first-order chi connectivity index (χ1) is 12.2. The van der Waals surface area contributed by atoms with Crippen molar-refractivity contribution in [3.05, 3.63) is 48.0 Å². The Morgan fingerprint density at radius 1 is 1.28 bits per heavy atom. The highest BCUT2D eigenvalue weighted by atomic mass is 28.2. The molecular weight excluding hydrogens is 332 g/mol. The third kappa shape index (κ3) is 7.55. The number of carbonyl (C=O) groups excluding carboxylic acids is 1. The van der Waals surface area contributed by atoms with E-state index >= 15 is 0 Å². The first kappa shape index (κ1) is 19.9. The van der Waals surface area contributed by atoms with Crippen LogP contribution in [0.3, 0.4) is 0 Å². The van der Waals surface area contributed by atoms with Gasteiger partial charge in [-0.25, -0.2) is 4.79 Å². The van der Waals surface area contributed by atoms with Crippen molar-refractivity contribution in [2.24, 2.45) is 0 Å². The second-order valence-corrected chi connectivity index (χ2v) is 8.53. The van der Waals surface area contributed by atoms with Crippen molar-refractivity contribution in [1.29, 1.82) is 0 Å². The van der Waals surface area contributed by atoms with Crippen LogP contribution in [0, 0.1) is 0 Å². The van der Waals surface area contributed by atoms with Crippen LogP contribution in [-0.4, -0.2) is 40.8 Å². The Labute approximate surface area is 153 Å². The smallest absolute Gasteiger partial charge is 0.330 e. The molecule has 0 radical (unpaired) electrons. The molecule has 1 heterocycles. The van der Waals surface area contributed by atoms with Crippen LogP contribution < -0.4 is 0 Å². The summed E-state index contributed by atoms with van der Waals surface area (Å²) in [5, 5.41) is -0.0814. The Balaban J connectivity index is 1.72. The quantitative estimate of drug-likeness (QED) is 0.278. The van der Waals surface area contributed by atoms with Crippen LogP contribution in [0.15, 0.2) is 42.5 Å². The van der Waals surface area contributed by atoms with Crippen molar-refractivity contribution in [2.45, 2.75) is 50.7 Å². The zero-order valence-corrected chi connectivity index (χ0v) is 16.7. The highest BCUT2D eigenvalue weighted by Crippen LogP contribution is 2.29. The van der Waals surface area contributed by atoms with Gasteiger partial charge in [-0.2, -0.15) is 0 Å². The lowest BCUT2D eigenvalue weighted by Crippen LogP contribution is -2.44. The van der Waals surface area contributed by atoms with Gasteiger partial charge >= 0.3 is 5.97 Å². The molecule has 0 saturated carbocycles. The summed E-state index contributed by atoms with van der Waals surface area (Å²) in [5.74, 6) is -0.266. The third-order valence-electron chi connectivity index (χ3n) is 4.50. The first-order valence-corrected chi connectivity index (χ1v) is 10.6. The topological polar surface area (TPSA) is 44.8 Å². The highest BCUT2D eigenvalue weighted by Gasteiger charge is 2.34. The molecule has 0 bridgehead atoms. The van der Waals surface area contributed by atoms with E-state index in [1.54, 1.807) is 6.08 Å². The average molecular weight is 363 g/mol. The van der Waals surface area contributed by atoms with Gasteiger partial charge in [0.1, 0.15) is 0 Å². The largest absolute Gasteiger partial charge is 0.463 e. The fourth-order valence-corrected chi connectivity index (χ4v) is 4.81. The number of allylic oxidation sites excluding steroid dienone is 1. The van der Waals surface area contributed by atoms with Gasteiger partial charge in [0.05, 0.1) is 11.8 Å². The SMILES string of the molecule is CC=CC(=O)OCCCC1([SiH2]OCCc2ccccc2)CCCCO1. The Morgan fingerprint density at radius 3 is 2.84 bits per heavy atom. The summed E-state index contributed by atoms with van der Waals surface area (Å²) in [6, 6.07) is 10.4. The third-order valence-corrected chi connectivity index (χ3v) is 6.43. The maximum Gasteiger partial charge on any atom is 0.330 e. The summed E-state index contributed by atoms with van der Waals surface area (Å²) in [4.78, 5) is 11.4. The van der Waals surface area contributed by atoms with Gasteiger partial charge in [-0.15, -0.1) is 0 Å². The molecule has 5 heteroatoms. The monoisotopic (exact) mass is 362 g/mol. The van der Waals surface area contributed by atoms with Crippen LogP contribution in [0.4, 0.5) is 0 Å². The molecule has 0 aromatic heterocycles. The molecule has 1 atom stereocenters. The van der Waals surface area contributed by atoms with Crippen molar-refractivity contribution in [3.8, 4) is 0 Å². The highest BCUT2D eigenvalue weighted by molar-refractivity contribution is 6.31. The minimum atomic E-state index is -0.791. The molecule has 2 rings (SSSR count). The van der Waals surface area contributed by atoms with Crippen LogP contribution in [-0.2, 0) is 25.1 Å². The van der Waals surface area contributed by atoms with E-state index < -0.39 is 9.76 Å². The van der Waals surface area contributed by atoms with E-state index in [0.29, 0.717) is 6.61 Å². The summed E-state index contributed by atoms with van der Waals surface area (Å²) >= 11 is 0. The number of esters is 1. The van der Waals surface area contributed by atoms with Crippen molar-refractivity contribution >= 4 is 15.7 Å². The molecule has 4 nitrogen and oxygen atoms in total. The number of carbonyl (C=O) groups is 1. The molecule has 1 aromatic carbocycles. The van der Waals surface area contributed by atoms with Crippen LogP contribution in [0.5, 0.6) is 0 Å². The van der Waals surface area contributed by atoms with Crippen LogP contribution in [0.2, 0.25) is 0 Å². The van der Waals surface area contributed by atoms with E-state index in [2.05, 4.69) is 24.3 Å². The molecule has 1 fully saturated rings. The molecule has 0 spiro atoms. The number of benzene rings is 1. The molecule has 0 amide bonds. The van der Waals surface area contributed by atoms with E-state index in [-0.39, 0.29) is 11.2 Å². The second kappa shape index (κ2) is 11.2. The molecule has 138 valence electrons. The lowest BCUT2D eigenvalue weighted by molar-refractivity contribution is -0.138. The first-order valence-electron chi connectivity index (χ1n) is 9.29.